The summed E-state index contributed by atoms with van der Waals surface area (Å²) in [5, 5.41) is 3.44. The van der Waals surface area contributed by atoms with E-state index in [1.54, 1.807) is 7.11 Å². The molecule has 0 aliphatic carbocycles. The largest absolute Gasteiger partial charge is 0.385 e. The normalized spacial score (nSPS) is 12.7. The van der Waals surface area contributed by atoms with E-state index in [1.807, 2.05) is 12.1 Å². The van der Waals surface area contributed by atoms with E-state index in [0.29, 0.717) is 6.61 Å². The maximum Gasteiger partial charge on any atom is 0.123 e. The van der Waals surface area contributed by atoms with Gasteiger partial charge in [-0.1, -0.05) is 19.1 Å². The van der Waals surface area contributed by atoms with Gasteiger partial charge in [-0.25, -0.2) is 4.39 Å². The number of methoxy groups -OCH3 is 1. The third-order valence-electron chi connectivity index (χ3n) is 2.52. The molecule has 2 nitrogen and oxygen atoms in total. The Hall–Kier alpha value is -0.930. The second kappa shape index (κ2) is 7.36. The highest BCUT2D eigenvalue weighted by Gasteiger charge is 2.09. The minimum Gasteiger partial charge on any atom is -0.385 e. The maximum atomic E-state index is 12.8. The van der Waals surface area contributed by atoms with Crippen molar-refractivity contribution >= 4 is 0 Å². The van der Waals surface area contributed by atoms with Gasteiger partial charge in [0.25, 0.3) is 0 Å². The zero-order valence-corrected chi connectivity index (χ0v) is 10.0. The van der Waals surface area contributed by atoms with Crippen LogP contribution in [-0.4, -0.2) is 20.3 Å². The summed E-state index contributed by atoms with van der Waals surface area (Å²) >= 11 is 0. The van der Waals surface area contributed by atoms with Crippen LogP contribution in [0, 0.1) is 5.82 Å². The van der Waals surface area contributed by atoms with Gasteiger partial charge in [0, 0.05) is 19.8 Å². The third-order valence-corrected chi connectivity index (χ3v) is 2.52. The summed E-state index contributed by atoms with van der Waals surface area (Å²) in [5.74, 6) is -0.190. The summed E-state index contributed by atoms with van der Waals surface area (Å²) in [5.41, 5.74) is 1.12. The predicted molar refractivity (Wildman–Crippen MR) is 63.9 cm³/mol. The molecule has 0 aliphatic rings. The van der Waals surface area contributed by atoms with Gasteiger partial charge in [-0.2, -0.15) is 0 Å². The lowest BCUT2D eigenvalue weighted by Gasteiger charge is -2.18. The van der Waals surface area contributed by atoms with Crippen LogP contribution >= 0.6 is 0 Å². The van der Waals surface area contributed by atoms with Crippen LogP contribution in [0.2, 0.25) is 0 Å². The van der Waals surface area contributed by atoms with Crippen molar-refractivity contribution in [1.82, 2.24) is 5.32 Å². The average molecular weight is 225 g/mol. The van der Waals surface area contributed by atoms with E-state index >= 15 is 0 Å². The molecule has 0 aliphatic heterocycles. The molecule has 0 aromatic heterocycles. The van der Waals surface area contributed by atoms with Crippen LogP contribution in [0.5, 0.6) is 0 Å². The SMILES string of the molecule is CCCNC(CCOC)c1ccc(F)cc1. The molecular weight excluding hydrogens is 205 g/mol. The molecule has 1 rings (SSSR count). The van der Waals surface area contributed by atoms with Gasteiger partial charge >= 0.3 is 0 Å². The first kappa shape index (κ1) is 13.1. The molecule has 0 saturated heterocycles. The molecule has 0 fully saturated rings. The highest BCUT2D eigenvalue weighted by molar-refractivity contribution is 5.19. The van der Waals surface area contributed by atoms with E-state index in [9.17, 15) is 4.39 Å². The Bertz CT molecular complexity index is 278. The summed E-state index contributed by atoms with van der Waals surface area (Å²) in [4.78, 5) is 0. The van der Waals surface area contributed by atoms with Crippen molar-refractivity contribution in [3.05, 3.63) is 35.6 Å². The third kappa shape index (κ3) is 4.29. The summed E-state index contributed by atoms with van der Waals surface area (Å²) in [7, 11) is 1.70. The number of hydrogen-bond acceptors (Lipinski definition) is 2. The van der Waals surface area contributed by atoms with E-state index in [1.165, 1.54) is 12.1 Å². The minimum atomic E-state index is -0.190. The molecule has 0 heterocycles. The maximum absolute atomic E-state index is 12.8. The Balaban J connectivity index is 2.62. The lowest BCUT2D eigenvalue weighted by Crippen LogP contribution is -2.23. The molecule has 1 aromatic rings. The molecule has 0 amide bonds. The van der Waals surface area contributed by atoms with Crippen molar-refractivity contribution < 1.29 is 9.13 Å². The van der Waals surface area contributed by atoms with Crippen molar-refractivity contribution in [2.45, 2.75) is 25.8 Å². The van der Waals surface area contributed by atoms with Gasteiger partial charge < -0.3 is 10.1 Å². The van der Waals surface area contributed by atoms with Crippen LogP contribution in [0.15, 0.2) is 24.3 Å². The van der Waals surface area contributed by atoms with Gasteiger partial charge in [0.1, 0.15) is 5.82 Å². The fraction of sp³-hybridized carbons (Fsp3) is 0.538. The zero-order chi connectivity index (χ0) is 11.8. The Labute approximate surface area is 96.8 Å². The fourth-order valence-electron chi connectivity index (χ4n) is 1.64. The zero-order valence-electron chi connectivity index (χ0n) is 10.0. The van der Waals surface area contributed by atoms with Crippen molar-refractivity contribution in [2.24, 2.45) is 0 Å². The smallest absolute Gasteiger partial charge is 0.123 e. The second-order valence-electron chi connectivity index (χ2n) is 3.84. The number of rotatable bonds is 7. The topological polar surface area (TPSA) is 21.3 Å². The summed E-state index contributed by atoms with van der Waals surface area (Å²) in [6.45, 7) is 3.80. The van der Waals surface area contributed by atoms with Gasteiger partial charge in [-0.15, -0.1) is 0 Å². The Morgan fingerprint density at radius 3 is 2.56 bits per heavy atom. The Kier molecular flexibility index (Phi) is 6.04. The second-order valence-corrected chi connectivity index (χ2v) is 3.84. The molecular formula is C13H20FNO. The summed E-state index contributed by atoms with van der Waals surface area (Å²) < 4.78 is 17.9. The number of halogens is 1. The highest BCUT2D eigenvalue weighted by atomic mass is 19.1. The van der Waals surface area contributed by atoms with Gasteiger partial charge in [0.05, 0.1) is 0 Å². The van der Waals surface area contributed by atoms with E-state index < -0.39 is 0 Å². The van der Waals surface area contributed by atoms with E-state index in [0.717, 1.165) is 24.9 Å². The molecule has 1 N–H and O–H groups in total. The van der Waals surface area contributed by atoms with E-state index in [-0.39, 0.29) is 11.9 Å². The number of hydrogen-bond donors (Lipinski definition) is 1. The molecule has 3 heteroatoms. The lowest BCUT2D eigenvalue weighted by molar-refractivity contribution is 0.183. The van der Waals surface area contributed by atoms with Crippen molar-refractivity contribution in [3.63, 3.8) is 0 Å². The van der Waals surface area contributed by atoms with Gasteiger partial charge in [-0.05, 0) is 37.1 Å². The first-order valence-corrected chi connectivity index (χ1v) is 5.75. The van der Waals surface area contributed by atoms with Crippen molar-refractivity contribution in [1.29, 1.82) is 0 Å². The standard InChI is InChI=1S/C13H20FNO/c1-3-9-15-13(8-10-16-2)11-4-6-12(14)7-5-11/h4-7,13,15H,3,8-10H2,1-2H3. The lowest BCUT2D eigenvalue weighted by atomic mass is 10.0. The monoisotopic (exact) mass is 225 g/mol. The van der Waals surface area contributed by atoms with Crippen molar-refractivity contribution in [2.75, 3.05) is 20.3 Å². The minimum absolute atomic E-state index is 0.190. The first-order chi connectivity index (χ1) is 7.77. The molecule has 1 atom stereocenters. The molecule has 90 valence electrons. The predicted octanol–water partition coefficient (Wildman–Crippen LogP) is 2.90. The van der Waals surface area contributed by atoms with Crippen LogP contribution in [0.25, 0.3) is 0 Å². The molecule has 1 unspecified atom stereocenters. The average Bonchev–Trinajstić information content (AvgIpc) is 2.31. The van der Waals surface area contributed by atoms with Gasteiger partial charge in [0.15, 0.2) is 0 Å². The molecule has 1 aromatic carbocycles. The van der Waals surface area contributed by atoms with Crippen molar-refractivity contribution in [3.8, 4) is 0 Å². The van der Waals surface area contributed by atoms with Crippen LogP contribution < -0.4 is 5.32 Å². The number of ether oxygens (including phenoxy) is 1. The van der Waals surface area contributed by atoms with Crippen LogP contribution in [0.3, 0.4) is 0 Å². The van der Waals surface area contributed by atoms with Crippen LogP contribution in [0.4, 0.5) is 4.39 Å². The molecule has 0 spiro atoms. The quantitative estimate of drug-likeness (QED) is 0.770. The summed E-state index contributed by atoms with van der Waals surface area (Å²) in [6, 6.07) is 6.92. The molecule has 0 radical (unpaired) electrons. The van der Waals surface area contributed by atoms with Gasteiger partial charge in [0.2, 0.25) is 0 Å². The molecule has 0 saturated carbocycles. The first-order valence-electron chi connectivity index (χ1n) is 5.75. The number of benzene rings is 1. The van der Waals surface area contributed by atoms with Crippen LogP contribution in [0.1, 0.15) is 31.4 Å². The highest BCUT2D eigenvalue weighted by Crippen LogP contribution is 2.17. The Morgan fingerprint density at radius 1 is 1.31 bits per heavy atom. The van der Waals surface area contributed by atoms with E-state index in [4.69, 9.17) is 4.74 Å². The van der Waals surface area contributed by atoms with Crippen LogP contribution in [-0.2, 0) is 4.74 Å². The summed E-state index contributed by atoms with van der Waals surface area (Å²) in [6.07, 6.45) is 1.99. The van der Waals surface area contributed by atoms with E-state index in [2.05, 4.69) is 12.2 Å². The Morgan fingerprint density at radius 2 is 2.00 bits per heavy atom. The molecule has 0 bridgehead atoms. The van der Waals surface area contributed by atoms with Gasteiger partial charge in [-0.3, -0.25) is 0 Å². The fourth-order valence-corrected chi connectivity index (χ4v) is 1.64. The number of nitrogens with one attached hydrogen (secondary N) is 1. The molecule has 16 heavy (non-hydrogen) atoms.